The number of rotatable bonds is 5. The van der Waals surface area contributed by atoms with Gasteiger partial charge in [0.1, 0.15) is 6.54 Å². The number of aromatic nitrogens is 1. The summed E-state index contributed by atoms with van der Waals surface area (Å²) in [6.07, 6.45) is 0. The Bertz CT molecular complexity index is 1160. The molecule has 138 valence electrons. The van der Waals surface area contributed by atoms with Crippen LogP contribution in [0.25, 0.3) is 10.9 Å². The second-order valence-electron chi connectivity index (χ2n) is 6.72. The fourth-order valence-electron chi connectivity index (χ4n) is 3.43. The first kappa shape index (κ1) is 17.7. The lowest BCUT2D eigenvalue weighted by molar-refractivity contribution is -0.116. The second-order valence-corrected chi connectivity index (χ2v) is 6.72. The monoisotopic (exact) mass is 368 g/mol. The van der Waals surface area contributed by atoms with Crippen molar-refractivity contribution in [2.75, 3.05) is 5.32 Å². The minimum atomic E-state index is -0.169. The third-order valence-corrected chi connectivity index (χ3v) is 4.80. The molecular formula is C24H20N2O2. The van der Waals surface area contributed by atoms with Crippen LogP contribution in [0.5, 0.6) is 0 Å². The van der Waals surface area contributed by atoms with Crippen LogP contribution < -0.4 is 5.32 Å². The number of nitrogens with zero attached hydrogens (tertiary/aromatic N) is 1. The molecule has 0 aliphatic heterocycles. The summed E-state index contributed by atoms with van der Waals surface area (Å²) in [4.78, 5) is 25.6. The highest BCUT2D eigenvalue weighted by Crippen LogP contribution is 2.21. The molecule has 1 heterocycles. The maximum Gasteiger partial charge on any atom is 0.244 e. The van der Waals surface area contributed by atoms with Gasteiger partial charge >= 0.3 is 0 Å². The molecule has 0 saturated carbocycles. The Morgan fingerprint density at radius 3 is 2.36 bits per heavy atom. The summed E-state index contributed by atoms with van der Waals surface area (Å²) >= 11 is 0. The zero-order valence-electron chi connectivity index (χ0n) is 15.6. The number of aryl methyl sites for hydroxylation is 1. The molecule has 0 unspecified atom stereocenters. The van der Waals surface area contributed by atoms with Crippen molar-refractivity contribution in [3.8, 4) is 0 Å². The molecule has 4 heteroatoms. The lowest BCUT2D eigenvalue weighted by Crippen LogP contribution is -2.21. The molecule has 1 N–H and O–H groups in total. The minimum absolute atomic E-state index is 0.112. The van der Waals surface area contributed by atoms with Gasteiger partial charge in [0.15, 0.2) is 5.78 Å². The molecule has 0 bridgehead atoms. The fraction of sp³-hybridized carbons (Fsp3) is 0.0833. The summed E-state index contributed by atoms with van der Waals surface area (Å²) in [5.41, 5.74) is 3.64. The van der Waals surface area contributed by atoms with Gasteiger partial charge in [-0.1, -0.05) is 60.7 Å². The molecule has 0 atom stereocenters. The van der Waals surface area contributed by atoms with Crippen molar-refractivity contribution >= 4 is 28.3 Å². The third-order valence-electron chi connectivity index (χ3n) is 4.80. The number of hydrogen-bond acceptors (Lipinski definition) is 2. The highest BCUT2D eigenvalue weighted by Gasteiger charge is 2.16. The molecule has 4 aromatic rings. The molecule has 1 amide bonds. The van der Waals surface area contributed by atoms with E-state index in [9.17, 15) is 9.59 Å². The van der Waals surface area contributed by atoms with E-state index < -0.39 is 0 Å². The molecule has 3 aromatic carbocycles. The molecule has 4 nitrogen and oxygen atoms in total. The topological polar surface area (TPSA) is 51.1 Å². The molecule has 0 saturated heterocycles. The summed E-state index contributed by atoms with van der Waals surface area (Å²) < 4.78 is 1.98. The average molecular weight is 368 g/mol. The number of ketones is 1. The second kappa shape index (κ2) is 7.53. The van der Waals surface area contributed by atoms with E-state index >= 15 is 0 Å². The molecule has 0 radical (unpaired) electrons. The van der Waals surface area contributed by atoms with Gasteiger partial charge in [-0.25, -0.2) is 0 Å². The summed E-state index contributed by atoms with van der Waals surface area (Å²) in [5, 5.41) is 4.01. The molecule has 0 spiro atoms. The largest absolute Gasteiger partial charge is 0.335 e. The van der Waals surface area contributed by atoms with E-state index in [1.54, 1.807) is 30.3 Å². The number of nitrogens with one attached hydrogen (secondary N) is 1. The molecular weight excluding hydrogens is 348 g/mol. The van der Waals surface area contributed by atoms with E-state index in [4.69, 9.17) is 0 Å². The van der Waals surface area contributed by atoms with Crippen LogP contribution in [0.1, 0.15) is 21.6 Å². The van der Waals surface area contributed by atoms with E-state index in [0.717, 1.165) is 16.6 Å². The summed E-state index contributed by atoms with van der Waals surface area (Å²) in [7, 11) is 0. The Morgan fingerprint density at radius 2 is 1.54 bits per heavy atom. The zero-order chi connectivity index (χ0) is 19.5. The SMILES string of the molecule is Cc1cc2ccccc2n1CC(=O)Nc1ccccc1C(=O)c1ccccc1. The highest BCUT2D eigenvalue weighted by atomic mass is 16.2. The van der Waals surface area contributed by atoms with Crippen molar-refractivity contribution < 1.29 is 9.59 Å². The van der Waals surface area contributed by atoms with E-state index in [0.29, 0.717) is 16.8 Å². The van der Waals surface area contributed by atoms with E-state index in [2.05, 4.69) is 11.4 Å². The van der Waals surface area contributed by atoms with Crippen LogP contribution in [-0.4, -0.2) is 16.3 Å². The van der Waals surface area contributed by atoms with Crippen LogP contribution in [0.15, 0.2) is 84.9 Å². The predicted molar refractivity (Wildman–Crippen MR) is 112 cm³/mol. The van der Waals surface area contributed by atoms with Crippen LogP contribution in [0.2, 0.25) is 0 Å². The zero-order valence-corrected chi connectivity index (χ0v) is 15.6. The first-order valence-corrected chi connectivity index (χ1v) is 9.17. The standard InChI is InChI=1S/C24H20N2O2/c1-17-15-19-11-5-8-14-22(19)26(17)16-23(27)25-21-13-7-6-12-20(21)24(28)18-9-3-2-4-10-18/h2-15H,16H2,1H3,(H,25,27). The van der Waals surface area contributed by atoms with E-state index in [-0.39, 0.29) is 18.2 Å². The van der Waals surface area contributed by atoms with Gasteiger partial charge < -0.3 is 9.88 Å². The number of benzene rings is 3. The van der Waals surface area contributed by atoms with Gasteiger partial charge in [0, 0.05) is 22.3 Å². The number of carbonyl (C=O) groups is 2. The number of para-hydroxylation sites is 2. The van der Waals surface area contributed by atoms with Crippen molar-refractivity contribution in [1.29, 1.82) is 0 Å². The summed E-state index contributed by atoms with van der Waals surface area (Å²) in [6.45, 7) is 2.17. The summed E-state index contributed by atoms with van der Waals surface area (Å²) in [6, 6.07) is 26.2. The van der Waals surface area contributed by atoms with Gasteiger partial charge in [-0.15, -0.1) is 0 Å². The van der Waals surface area contributed by atoms with Gasteiger partial charge in [0.05, 0.1) is 5.69 Å². The van der Waals surface area contributed by atoms with Gasteiger partial charge in [0.2, 0.25) is 5.91 Å². The van der Waals surface area contributed by atoms with E-state index in [1.165, 1.54) is 0 Å². The van der Waals surface area contributed by atoms with Crippen molar-refractivity contribution in [2.24, 2.45) is 0 Å². The molecule has 0 aliphatic rings. The smallest absolute Gasteiger partial charge is 0.244 e. The molecule has 4 rings (SSSR count). The van der Waals surface area contributed by atoms with Gasteiger partial charge in [0.25, 0.3) is 0 Å². The van der Waals surface area contributed by atoms with Crippen LogP contribution in [0, 0.1) is 6.92 Å². The van der Waals surface area contributed by atoms with Crippen molar-refractivity contribution in [3.63, 3.8) is 0 Å². The number of carbonyl (C=O) groups excluding carboxylic acids is 2. The van der Waals surface area contributed by atoms with Gasteiger partial charge in [-0.2, -0.15) is 0 Å². The van der Waals surface area contributed by atoms with Gasteiger partial charge in [-0.05, 0) is 36.6 Å². The van der Waals surface area contributed by atoms with Gasteiger partial charge in [-0.3, -0.25) is 9.59 Å². The first-order valence-electron chi connectivity index (χ1n) is 9.17. The van der Waals surface area contributed by atoms with Crippen molar-refractivity contribution in [1.82, 2.24) is 4.57 Å². The lowest BCUT2D eigenvalue weighted by atomic mass is 10.0. The Morgan fingerprint density at radius 1 is 0.857 bits per heavy atom. The number of anilines is 1. The normalized spacial score (nSPS) is 10.8. The third kappa shape index (κ3) is 3.45. The highest BCUT2D eigenvalue weighted by molar-refractivity contribution is 6.13. The van der Waals surface area contributed by atoms with Crippen LogP contribution in [-0.2, 0) is 11.3 Å². The quantitative estimate of drug-likeness (QED) is 0.514. The minimum Gasteiger partial charge on any atom is -0.335 e. The molecule has 1 aromatic heterocycles. The van der Waals surface area contributed by atoms with E-state index in [1.807, 2.05) is 60.0 Å². The lowest BCUT2D eigenvalue weighted by Gasteiger charge is -2.12. The predicted octanol–water partition coefficient (Wildman–Crippen LogP) is 4.82. The number of amides is 1. The van der Waals surface area contributed by atoms with Crippen molar-refractivity contribution in [3.05, 3.63) is 102 Å². The Labute approximate surface area is 163 Å². The van der Waals surface area contributed by atoms with Crippen LogP contribution >= 0.6 is 0 Å². The maximum atomic E-state index is 12.8. The van der Waals surface area contributed by atoms with Crippen LogP contribution in [0.3, 0.4) is 0 Å². The Hall–Kier alpha value is -3.66. The van der Waals surface area contributed by atoms with Crippen LogP contribution in [0.4, 0.5) is 5.69 Å². The Balaban J connectivity index is 1.59. The molecule has 28 heavy (non-hydrogen) atoms. The number of hydrogen-bond donors (Lipinski definition) is 1. The summed E-state index contributed by atoms with van der Waals surface area (Å²) in [5.74, 6) is -0.281. The molecule has 0 aliphatic carbocycles. The Kier molecular flexibility index (Phi) is 4.77. The maximum absolute atomic E-state index is 12.8. The fourth-order valence-corrected chi connectivity index (χ4v) is 3.43. The first-order chi connectivity index (χ1) is 13.6. The van der Waals surface area contributed by atoms with Crippen molar-refractivity contribution in [2.45, 2.75) is 13.5 Å². The number of fused-ring (bicyclic) bond motifs is 1. The molecule has 0 fully saturated rings. The average Bonchev–Trinajstić information content (AvgIpc) is 3.04.